The van der Waals surface area contributed by atoms with Gasteiger partial charge in [-0.3, -0.25) is 10.1 Å². The van der Waals surface area contributed by atoms with E-state index in [2.05, 4.69) is 25.2 Å². The zero-order valence-corrected chi connectivity index (χ0v) is 11.9. The van der Waals surface area contributed by atoms with Crippen LogP contribution in [-0.4, -0.2) is 40.6 Å². The molecule has 100 valence electrons. The molecule has 2 aliphatic rings. The molecular weight excluding hydrogens is 246 g/mol. The van der Waals surface area contributed by atoms with E-state index in [9.17, 15) is 4.79 Å². The van der Waals surface area contributed by atoms with E-state index in [-0.39, 0.29) is 18.0 Å². The van der Waals surface area contributed by atoms with Gasteiger partial charge in [0.15, 0.2) is 0 Å². The Kier molecular flexibility index (Phi) is 4.52. The maximum absolute atomic E-state index is 12.3. The quantitative estimate of drug-likeness (QED) is 0.843. The number of amides is 1. The number of carbonyl (C=O) groups is 1. The van der Waals surface area contributed by atoms with Gasteiger partial charge in [0.2, 0.25) is 5.91 Å². The Balaban J connectivity index is 1.89. The smallest absolute Gasteiger partial charge is 0.241 e. The second kappa shape index (κ2) is 5.94. The lowest BCUT2D eigenvalue weighted by atomic mass is 10.1. The molecular formula is C13H21N3OS. The highest BCUT2D eigenvalue weighted by molar-refractivity contribution is 8.00. The van der Waals surface area contributed by atoms with Gasteiger partial charge in [-0.05, 0) is 25.2 Å². The van der Waals surface area contributed by atoms with Crippen LogP contribution in [0.25, 0.3) is 0 Å². The summed E-state index contributed by atoms with van der Waals surface area (Å²) < 4.78 is 0. The van der Waals surface area contributed by atoms with Crippen molar-refractivity contribution in [1.82, 2.24) is 10.2 Å². The Bertz CT molecular complexity index is 353. The first-order valence-corrected chi connectivity index (χ1v) is 7.74. The van der Waals surface area contributed by atoms with Crippen molar-refractivity contribution >= 4 is 17.7 Å². The van der Waals surface area contributed by atoms with Crippen LogP contribution >= 0.6 is 11.8 Å². The van der Waals surface area contributed by atoms with Gasteiger partial charge in [-0.25, -0.2) is 0 Å². The maximum Gasteiger partial charge on any atom is 0.241 e. The van der Waals surface area contributed by atoms with Crippen LogP contribution in [0.1, 0.15) is 33.1 Å². The molecule has 0 bridgehead atoms. The van der Waals surface area contributed by atoms with Gasteiger partial charge in [0.25, 0.3) is 0 Å². The number of nitrogens with one attached hydrogen (secondary N) is 1. The average Bonchev–Trinajstić information content (AvgIpc) is 2.95. The number of nitrogens with zero attached hydrogens (tertiary/aromatic N) is 2. The molecule has 0 aromatic heterocycles. The van der Waals surface area contributed by atoms with Crippen LogP contribution in [0.4, 0.5) is 0 Å². The largest absolute Gasteiger partial charge is 0.325 e. The molecule has 0 radical (unpaired) electrons. The Morgan fingerprint density at radius 3 is 3.06 bits per heavy atom. The fourth-order valence-electron chi connectivity index (χ4n) is 2.60. The van der Waals surface area contributed by atoms with Crippen molar-refractivity contribution in [2.24, 2.45) is 5.92 Å². The lowest BCUT2D eigenvalue weighted by Crippen LogP contribution is -2.48. The fourth-order valence-corrected chi connectivity index (χ4v) is 4.05. The van der Waals surface area contributed by atoms with E-state index in [1.54, 1.807) is 4.90 Å². The molecule has 1 unspecified atom stereocenters. The van der Waals surface area contributed by atoms with Crippen molar-refractivity contribution in [2.75, 3.05) is 12.3 Å². The summed E-state index contributed by atoms with van der Waals surface area (Å²) in [4.78, 5) is 14.1. The molecule has 1 N–H and O–H groups in total. The molecule has 5 heteroatoms. The number of carbonyl (C=O) groups excluding carboxylic acids is 1. The molecule has 4 nitrogen and oxygen atoms in total. The minimum atomic E-state index is -0.201. The number of thioether (sulfide) groups is 1. The number of nitriles is 1. The average molecular weight is 267 g/mol. The molecule has 2 rings (SSSR count). The van der Waals surface area contributed by atoms with Crippen LogP contribution in [0.3, 0.4) is 0 Å². The van der Waals surface area contributed by atoms with Crippen molar-refractivity contribution < 1.29 is 4.79 Å². The third-order valence-corrected chi connectivity index (χ3v) is 4.78. The van der Waals surface area contributed by atoms with Gasteiger partial charge in [-0.2, -0.15) is 5.26 Å². The second-order valence-corrected chi connectivity index (χ2v) is 6.73. The molecule has 3 atom stereocenters. The minimum Gasteiger partial charge on any atom is -0.325 e. The van der Waals surface area contributed by atoms with E-state index in [1.165, 1.54) is 0 Å². The summed E-state index contributed by atoms with van der Waals surface area (Å²) in [6.07, 6.45) is 2.88. The summed E-state index contributed by atoms with van der Waals surface area (Å²) in [7, 11) is 0. The van der Waals surface area contributed by atoms with Gasteiger partial charge in [0.1, 0.15) is 6.04 Å². The number of hydrogen-bond donors (Lipinski definition) is 1. The summed E-state index contributed by atoms with van der Waals surface area (Å²) in [6.45, 7) is 5.14. The standard InChI is InChI=1S/C13H21N3OS/c1-9(2)6-12-15-11(8-18-12)13(17)16-5-3-4-10(16)7-14/h9-12,15H,3-6,8H2,1-2H3/t10-,11-,12?/m0/s1. The predicted octanol–water partition coefficient (Wildman–Crippen LogP) is 1.58. The zero-order valence-electron chi connectivity index (χ0n) is 11.1. The van der Waals surface area contributed by atoms with Crippen molar-refractivity contribution in [3.8, 4) is 6.07 Å². The highest BCUT2D eigenvalue weighted by Gasteiger charge is 2.37. The maximum atomic E-state index is 12.3. The third-order valence-electron chi connectivity index (χ3n) is 3.52. The van der Waals surface area contributed by atoms with Crippen LogP contribution in [0.15, 0.2) is 0 Å². The van der Waals surface area contributed by atoms with E-state index >= 15 is 0 Å². The zero-order chi connectivity index (χ0) is 13.1. The molecule has 0 aliphatic carbocycles. The lowest BCUT2D eigenvalue weighted by molar-refractivity contribution is -0.132. The summed E-state index contributed by atoms with van der Waals surface area (Å²) in [6, 6.07) is 1.94. The highest BCUT2D eigenvalue weighted by Crippen LogP contribution is 2.27. The van der Waals surface area contributed by atoms with Gasteiger partial charge in [0.05, 0.1) is 17.5 Å². The molecule has 0 spiro atoms. The van der Waals surface area contributed by atoms with E-state index in [0.29, 0.717) is 11.3 Å². The van der Waals surface area contributed by atoms with E-state index in [4.69, 9.17) is 5.26 Å². The van der Waals surface area contributed by atoms with Gasteiger partial charge in [-0.15, -0.1) is 11.8 Å². The number of hydrogen-bond acceptors (Lipinski definition) is 4. The molecule has 18 heavy (non-hydrogen) atoms. The van der Waals surface area contributed by atoms with Crippen molar-refractivity contribution in [3.05, 3.63) is 0 Å². The Labute approximate surface area is 113 Å². The first kappa shape index (κ1) is 13.7. The first-order valence-electron chi connectivity index (χ1n) is 6.69. The van der Waals surface area contributed by atoms with Crippen LogP contribution in [0.5, 0.6) is 0 Å². The summed E-state index contributed by atoms with van der Waals surface area (Å²) >= 11 is 1.83. The van der Waals surface area contributed by atoms with Crippen LogP contribution in [0, 0.1) is 17.2 Å². The Hall–Kier alpha value is -0.730. The second-order valence-electron chi connectivity index (χ2n) is 5.49. The topological polar surface area (TPSA) is 56.1 Å². The first-order chi connectivity index (χ1) is 8.61. The van der Waals surface area contributed by atoms with Crippen LogP contribution < -0.4 is 5.32 Å². The molecule has 0 aromatic rings. The Morgan fingerprint density at radius 2 is 2.39 bits per heavy atom. The van der Waals surface area contributed by atoms with Gasteiger partial charge in [0, 0.05) is 12.3 Å². The van der Waals surface area contributed by atoms with Crippen molar-refractivity contribution in [3.63, 3.8) is 0 Å². The predicted molar refractivity (Wildman–Crippen MR) is 73.0 cm³/mol. The van der Waals surface area contributed by atoms with Crippen molar-refractivity contribution in [1.29, 1.82) is 5.26 Å². The molecule has 2 heterocycles. The molecule has 0 aromatic carbocycles. The van der Waals surface area contributed by atoms with Crippen LogP contribution in [0.2, 0.25) is 0 Å². The molecule has 2 saturated heterocycles. The lowest BCUT2D eigenvalue weighted by Gasteiger charge is -2.23. The van der Waals surface area contributed by atoms with Crippen LogP contribution in [-0.2, 0) is 4.79 Å². The number of rotatable bonds is 3. The normalized spacial score (nSPS) is 31.9. The number of likely N-dealkylation sites (tertiary alicyclic amines) is 1. The molecule has 1 amide bonds. The monoisotopic (exact) mass is 267 g/mol. The molecule has 2 aliphatic heterocycles. The SMILES string of the molecule is CC(C)CC1N[C@H](C(=O)N2CCC[C@H]2C#N)CS1. The molecule has 2 fully saturated rings. The van der Waals surface area contributed by atoms with Crippen molar-refractivity contribution in [2.45, 2.75) is 50.6 Å². The Morgan fingerprint density at radius 1 is 1.61 bits per heavy atom. The summed E-state index contributed by atoms with van der Waals surface area (Å²) in [5, 5.41) is 12.8. The summed E-state index contributed by atoms with van der Waals surface area (Å²) in [5.74, 6) is 1.60. The van der Waals surface area contributed by atoms with Gasteiger partial charge >= 0.3 is 0 Å². The summed E-state index contributed by atoms with van der Waals surface area (Å²) in [5.41, 5.74) is 0. The van der Waals surface area contributed by atoms with Gasteiger partial charge in [-0.1, -0.05) is 13.8 Å². The van der Waals surface area contributed by atoms with Gasteiger partial charge < -0.3 is 4.90 Å². The highest BCUT2D eigenvalue weighted by atomic mass is 32.2. The van der Waals surface area contributed by atoms with E-state index in [1.807, 2.05) is 11.8 Å². The van der Waals surface area contributed by atoms with E-state index in [0.717, 1.165) is 31.6 Å². The van der Waals surface area contributed by atoms with E-state index < -0.39 is 0 Å². The minimum absolute atomic E-state index is 0.0901. The third kappa shape index (κ3) is 2.99. The fraction of sp³-hybridized carbons (Fsp3) is 0.846. The molecule has 0 saturated carbocycles.